The van der Waals surface area contributed by atoms with Crippen molar-refractivity contribution in [3.63, 3.8) is 0 Å². The fraction of sp³-hybridized carbons (Fsp3) is 0.571. The Morgan fingerprint density at radius 2 is 2.05 bits per heavy atom. The number of aryl methyl sites for hydroxylation is 1. The van der Waals surface area contributed by atoms with E-state index in [1.54, 1.807) is 18.9 Å². The van der Waals surface area contributed by atoms with Crippen LogP contribution in [0.5, 0.6) is 0 Å². The van der Waals surface area contributed by atoms with E-state index in [1.807, 2.05) is 0 Å². The minimum atomic E-state index is -1.01. The van der Waals surface area contributed by atoms with Crippen molar-refractivity contribution in [1.82, 2.24) is 4.90 Å². The second kappa shape index (κ2) is 6.41. The molecule has 0 saturated heterocycles. The van der Waals surface area contributed by atoms with E-state index in [4.69, 9.17) is 9.52 Å². The van der Waals surface area contributed by atoms with Crippen LogP contribution in [0.4, 0.5) is 0 Å². The van der Waals surface area contributed by atoms with E-state index in [0.717, 1.165) is 6.42 Å². The van der Waals surface area contributed by atoms with Crippen LogP contribution in [0.15, 0.2) is 10.5 Å². The van der Waals surface area contributed by atoms with Crippen molar-refractivity contribution >= 4 is 11.9 Å². The molecule has 0 spiro atoms. The first kappa shape index (κ1) is 15.3. The van der Waals surface area contributed by atoms with Gasteiger partial charge in [0.1, 0.15) is 17.1 Å². The molecule has 0 atom stereocenters. The molecule has 0 aliphatic rings. The minimum Gasteiger partial charge on any atom is -0.478 e. The molecule has 1 aromatic rings. The number of furan rings is 1. The van der Waals surface area contributed by atoms with Crippen LogP contribution in [-0.2, 0) is 11.3 Å². The van der Waals surface area contributed by atoms with Gasteiger partial charge in [-0.15, -0.1) is 0 Å². The molecule has 5 nitrogen and oxygen atoms in total. The molecule has 0 radical (unpaired) electrons. The predicted molar refractivity (Wildman–Crippen MR) is 71.0 cm³/mol. The first-order valence-electron chi connectivity index (χ1n) is 6.37. The van der Waals surface area contributed by atoms with Gasteiger partial charge in [0, 0.05) is 13.5 Å². The lowest BCUT2D eigenvalue weighted by Crippen LogP contribution is -2.26. The number of amides is 1. The van der Waals surface area contributed by atoms with E-state index in [0.29, 0.717) is 30.4 Å². The molecule has 0 aliphatic carbocycles. The lowest BCUT2D eigenvalue weighted by Gasteiger charge is -2.16. The fourth-order valence-electron chi connectivity index (χ4n) is 1.76. The average molecular weight is 267 g/mol. The zero-order chi connectivity index (χ0) is 14.6. The maximum Gasteiger partial charge on any atom is 0.339 e. The number of carboxylic acids is 1. The SMILES string of the molecule is Cc1oc(CN(C)C(=O)CCC(C)C)cc1C(=O)O. The van der Waals surface area contributed by atoms with Crippen LogP contribution >= 0.6 is 0 Å². The van der Waals surface area contributed by atoms with Gasteiger partial charge in [0.2, 0.25) is 5.91 Å². The van der Waals surface area contributed by atoms with Gasteiger partial charge in [-0.25, -0.2) is 4.79 Å². The van der Waals surface area contributed by atoms with Crippen molar-refractivity contribution < 1.29 is 19.1 Å². The highest BCUT2D eigenvalue weighted by molar-refractivity contribution is 5.88. The Kier molecular flexibility index (Phi) is 5.15. The molecule has 1 amide bonds. The third-order valence-electron chi connectivity index (χ3n) is 2.95. The minimum absolute atomic E-state index is 0.0413. The van der Waals surface area contributed by atoms with E-state index >= 15 is 0 Å². The highest BCUT2D eigenvalue weighted by Gasteiger charge is 2.16. The standard InChI is InChI=1S/C14H21NO4/c1-9(2)5-6-13(16)15(4)8-11-7-12(14(17)18)10(3)19-11/h7,9H,5-6,8H2,1-4H3,(H,17,18). The summed E-state index contributed by atoms with van der Waals surface area (Å²) in [6.07, 6.45) is 1.35. The smallest absolute Gasteiger partial charge is 0.339 e. The van der Waals surface area contributed by atoms with Crippen LogP contribution in [0.1, 0.15) is 48.6 Å². The quantitative estimate of drug-likeness (QED) is 0.860. The van der Waals surface area contributed by atoms with Gasteiger partial charge in [0.05, 0.1) is 6.54 Å². The summed E-state index contributed by atoms with van der Waals surface area (Å²) in [6.45, 7) is 6.04. The van der Waals surface area contributed by atoms with Gasteiger partial charge in [-0.1, -0.05) is 13.8 Å². The van der Waals surface area contributed by atoms with Crippen molar-refractivity contribution in [3.05, 3.63) is 23.2 Å². The fourth-order valence-corrected chi connectivity index (χ4v) is 1.76. The van der Waals surface area contributed by atoms with Crippen molar-refractivity contribution in [2.24, 2.45) is 5.92 Å². The maximum atomic E-state index is 11.8. The molecule has 0 aromatic carbocycles. The summed E-state index contributed by atoms with van der Waals surface area (Å²) in [4.78, 5) is 24.3. The molecule has 0 bridgehead atoms. The molecule has 1 aromatic heterocycles. The molecular formula is C14H21NO4. The first-order valence-corrected chi connectivity index (χ1v) is 6.37. The second-order valence-corrected chi connectivity index (χ2v) is 5.17. The van der Waals surface area contributed by atoms with E-state index in [9.17, 15) is 9.59 Å². The molecule has 0 saturated carbocycles. The van der Waals surface area contributed by atoms with Gasteiger partial charge in [-0.2, -0.15) is 0 Å². The topological polar surface area (TPSA) is 70.8 Å². The zero-order valence-corrected chi connectivity index (χ0v) is 11.9. The summed E-state index contributed by atoms with van der Waals surface area (Å²) in [7, 11) is 1.70. The predicted octanol–water partition coefficient (Wildman–Crippen LogP) is 2.68. The molecule has 0 aliphatic heterocycles. The van der Waals surface area contributed by atoms with Crippen LogP contribution in [0, 0.1) is 12.8 Å². The summed E-state index contributed by atoms with van der Waals surface area (Å²) in [6, 6.07) is 1.48. The monoisotopic (exact) mass is 267 g/mol. The van der Waals surface area contributed by atoms with E-state index in [-0.39, 0.29) is 11.5 Å². The van der Waals surface area contributed by atoms with Crippen LogP contribution in [0.3, 0.4) is 0 Å². The van der Waals surface area contributed by atoms with Gasteiger partial charge < -0.3 is 14.4 Å². The van der Waals surface area contributed by atoms with Gasteiger partial charge in [0.25, 0.3) is 0 Å². The Bertz CT molecular complexity index is 462. The van der Waals surface area contributed by atoms with Gasteiger partial charge in [-0.05, 0) is 25.3 Å². The second-order valence-electron chi connectivity index (χ2n) is 5.17. The number of aromatic carboxylic acids is 1. The summed E-state index contributed by atoms with van der Waals surface area (Å²) in [5, 5.41) is 8.93. The molecule has 1 heterocycles. The molecule has 5 heteroatoms. The first-order chi connectivity index (χ1) is 8.81. The third kappa shape index (κ3) is 4.43. The Hall–Kier alpha value is -1.78. The van der Waals surface area contributed by atoms with Gasteiger partial charge in [-0.3, -0.25) is 4.79 Å². The molecule has 1 N–H and O–H groups in total. The van der Waals surface area contributed by atoms with Crippen molar-refractivity contribution in [2.45, 2.75) is 40.2 Å². The summed E-state index contributed by atoms with van der Waals surface area (Å²) in [5.74, 6) is 0.378. The lowest BCUT2D eigenvalue weighted by atomic mass is 10.1. The highest BCUT2D eigenvalue weighted by atomic mass is 16.4. The van der Waals surface area contributed by atoms with Crippen molar-refractivity contribution in [3.8, 4) is 0 Å². The van der Waals surface area contributed by atoms with E-state index in [2.05, 4.69) is 13.8 Å². The number of rotatable bonds is 6. The Morgan fingerprint density at radius 3 is 2.53 bits per heavy atom. The molecule has 0 fully saturated rings. The summed E-state index contributed by atoms with van der Waals surface area (Å²) < 4.78 is 5.35. The van der Waals surface area contributed by atoms with E-state index in [1.165, 1.54) is 6.07 Å². The van der Waals surface area contributed by atoms with Crippen LogP contribution < -0.4 is 0 Å². The Balaban J connectivity index is 2.61. The molecule has 1 rings (SSSR count). The number of carbonyl (C=O) groups excluding carboxylic acids is 1. The lowest BCUT2D eigenvalue weighted by molar-refractivity contribution is -0.130. The average Bonchev–Trinajstić information content (AvgIpc) is 2.67. The van der Waals surface area contributed by atoms with Crippen LogP contribution in [0.25, 0.3) is 0 Å². The molecule has 19 heavy (non-hydrogen) atoms. The molecular weight excluding hydrogens is 246 g/mol. The molecule has 106 valence electrons. The Morgan fingerprint density at radius 1 is 1.42 bits per heavy atom. The molecule has 0 unspecified atom stereocenters. The number of carbonyl (C=O) groups is 2. The van der Waals surface area contributed by atoms with E-state index < -0.39 is 5.97 Å². The zero-order valence-electron chi connectivity index (χ0n) is 11.9. The normalized spacial score (nSPS) is 10.8. The maximum absolute atomic E-state index is 11.8. The summed E-state index contributed by atoms with van der Waals surface area (Å²) >= 11 is 0. The van der Waals surface area contributed by atoms with Crippen molar-refractivity contribution in [2.75, 3.05) is 7.05 Å². The van der Waals surface area contributed by atoms with Crippen LogP contribution in [-0.4, -0.2) is 28.9 Å². The number of hydrogen-bond acceptors (Lipinski definition) is 3. The third-order valence-corrected chi connectivity index (χ3v) is 2.95. The largest absolute Gasteiger partial charge is 0.478 e. The number of hydrogen-bond donors (Lipinski definition) is 1. The van der Waals surface area contributed by atoms with Gasteiger partial charge in [0.15, 0.2) is 0 Å². The number of nitrogens with zero attached hydrogens (tertiary/aromatic N) is 1. The number of carboxylic acid groups (broad SMARTS) is 1. The summed E-state index contributed by atoms with van der Waals surface area (Å²) in [5.41, 5.74) is 0.151. The highest BCUT2D eigenvalue weighted by Crippen LogP contribution is 2.16. The van der Waals surface area contributed by atoms with Crippen LogP contribution in [0.2, 0.25) is 0 Å². The Labute approximate surface area is 113 Å². The van der Waals surface area contributed by atoms with Crippen molar-refractivity contribution in [1.29, 1.82) is 0 Å². The van der Waals surface area contributed by atoms with Gasteiger partial charge >= 0.3 is 5.97 Å².